The predicted octanol–water partition coefficient (Wildman–Crippen LogP) is 1.59. The normalized spacial score (nSPS) is 11.7. The number of hydrogen-bond donors (Lipinski definition) is 2. The molecule has 1 heterocycles. The summed E-state index contributed by atoms with van der Waals surface area (Å²) in [6, 6.07) is 0. The lowest BCUT2D eigenvalue weighted by Gasteiger charge is -2.17. The van der Waals surface area contributed by atoms with E-state index in [2.05, 4.69) is 9.97 Å². The van der Waals surface area contributed by atoms with Gasteiger partial charge in [0.1, 0.15) is 11.5 Å². The number of anilines is 2. The summed E-state index contributed by atoms with van der Waals surface area (Å²) in [5.74, 6) is 0.842. The molecule has 0 aliphatic carbocycles. The molecule has 0 unspecified atom stereocenters. The van der Waals surface area contributed by atoms with Crippen molar-refractivity contribution in [2.24, 2.45) is 0 Å². The predicted molar refractivity (Wildman–Crippen MR) is 54.6 cm³/mol. The number of halogens is 1. The molecular weight excluding hydrogens is 188 g/mol. The molecule has 0 aliphatic heterocycles. The second kappa shape index (κ2) is 3.03. The first-order chi connectivity index (χ1) is 5.82. The maximum absolute atomic E-state index is 5.77. The number of nitrogen functional groups attached to an aromatic ring is 2. The monoisotopic (exact) mass is 200 g/mol. The third-order valence-electron chi connectivity index (χ3n) is 1.60. The van der Waals surface area contributed by atoms with Gasteiger partial charge in [0.2, 0.25) is 0 Å². The topological polar surface area (TPSA) is 77.8 Å². The molecule has 1 aromatic heterocycles. The lowest BCUT2D eigenvalue weighted by Crippen LogP contribution is -2.18. The van der Waals surface area contributed by atoms with Crippen molar-refractivity contribution in [3.63, 3.8) is 0 Å². The fourth-order valence-electron chi connectivity index (χ4n) is 0.794. The molecular formula is C8H13ClN4. The van der Waals surface area contributed by atoms with E-state index in [1.54, 1.807) is 0 Å². The number of aromatic nitrogens is 2. The van der Waals surface area contributed by atoms with E-state index in [9.17, 15) is 0 Å². The fraction of sp³-hybridized carbons (Fsp3) is 0.500. The Kier molecular flexibility index (Phi) is 2.34. The molecule has 1 aromatic rings. The van der Waals surface area contributed by atoms with Gasteiger partial charge in [-0.25, -0.2) is 9.97 Å². The zero-order valence-electron chi connectivity index (χ0n) is 7.93. The van der Waals surface area contributed by atoms with Crippen LogP contribution < -0.4 is 11.5 Å². The highest BCUT2D eigenvalue weighted by atomic mass is 35.5. The van der Waals surface area contributed by atoms with Crippen LogP contribution in [0, 0.1) is 0 Å². The van der Waals surface area contributed by atoms with Crippen LogP contribution >= 0.6 is 11.6 Å². The van der Waals surface area contributed by atoms with Crippen LogP contribution in [0.1, 0.15) is 26.6 Å². The summed E-state index contributed by atoms with van der Waals surface area (Å²) in [5, 5.41) is 0.220. The van der Waals surface area contributed by atoms with Crippen molar-refractivity contribution < 1.29 is 0 Å². The second-order valence-electron chi connectivity index (χ2n) is 3.89. The molecule has 0 aromatic carbocycles. The number of hydrogen-bond acceptors (Lipinski definition) is 4. The Labute approximate surface area is 82.3 Å². The van der Waals surface area contributed by atoms with Gasteiger partial charge in [-0.1, -0.05) is 32.4 Å². The molecule has 5 heteroatoms. The molecule has 0 aliphatic rings. The average molecular weight is 201 g/mol. The van der Waals surface area contributed by atoms with Gasteiger partial charge in [0, 0.05) is 5.41 Å². The highest BCUT2D eigenvalue weighted by molar-refractivity contribution is 6.32. The highest BCUT2D eigenvalue weighted by Gasteiger charge is 2.19. The SMILES string of the molecule is CC(C)(C)c1nc(N)c(N)c(Cl)n1. The summed E-state index contributed by atoms with van der Waals surface area (Å²) >= 11 is 5.77. The summed E-state index contributed by atoms with van der Waals surface area (Å²) in [4.78, 5) is 8.12. The summed E-state index contributed by atoms with van der Waals surface area (Å²) in [6.07, 6.45) is 0. The van der Waals surface area contributed by atoms with Gasteiger partial charge in [-0.3, -0.25) is 0 Å². The van der Waals surface area contributed by atoms with E-state index in [0.717, 1.165) is 0 Å². The van der Waals surface area contributed by atoms with E-state index in [4.69, 9.17) is 23.1 Å². The van der Waals surface area contributed by atoms with E-state index in [1.807, 2.05) is 20.8 Å². The molecule has 0 amide bonds. The van der Waals surface area contributed by atoms with Crippen molar-refractivity contribution in [2.45, 2.75) is 26.2 Å². The van der Waals surface area contributed by atoms with Crippen molar-refractivity contribution in [3.8, 4) is 0 Å². The minimum Gasteiger partial charge on any atom is -0.393 e. The van der Waals surface area contributed by atoms with Gasteiger partial charge in [0.15, 0.2) is 11.0 Å². The molecule has 0 saturated carbocycles. The largest absolute Gasteiger partial charge is 0.393 e. The van der Waals surface area contributed by atoms with Crippen LogP contribution in [0.3, 0.4) is 0 Å². The maximum Gasteiger partial charge on any atom is 0.157 e. The summed E-state index contributed by atoms with van der Waals surface area (Å²) < 4.78 is 0. The van der Waals surface area contributed by atoms with Crippen molar-refractivity contribution >= 4 is 23.1 Å². The Morgan fingerprint density at radius 2 is 1.69 bits per heavy atom. The average Bonchev–Trinajstić information content (AvgIpc) is 1.97. The lowest BCUT2D eigenvalue weighted by molar-refractivity contribution is 0.546. The van der Waals surface area contributed by atoms with Crippen LogP contribution in [0.5, 0.6) is 0 Å². The molecule has 0 bridgehead atoms. The van der Waals surface area contributed by atoms with Crippen molar-refractivity contribution in [2.75, 3.05) is 11.5 Å². The number of nitrogens with zero attached hydrogens (tertiary/aromatic N) is 2. The maximum atomic E-state index is 5.77. The van der Waals surface area contributed by atoms with E-state index >= 15 is 0 Å². The zero-order valence-corrected chi connectivity index (χ0v) is 8.68. The van der Waals surface area contributed by atoms with E-state index < -0.39 is 0 Å². The van der Waals surface area contributed by atoms with Crippen molar-refractivity contribution in [1.82, 2.24) is 9.97 Å². The Balaban J connectivity index is 3.29. The smallest absolute Gasteiger partial charge is 0.157 e. The Bertz CT molecular complexity index is 306. The van der Waals surface area contributed by atoms with Crippen LogP contribution in [0.15, 0.2) is 0 Å². The Morgan fingerprint density at radius 3 is 2.08 bits per heavy atom. The highest BCUT2D eigenvalue weighted by Crippen LogP contribution is 2.26. The molecule has 72 valence electrons. The first kappa shape index (κ1) is 10.1. The minimum atomic E-state index is -0.175. The minimum absolute atomic E-state index is 0.175. The molecule has 1 rings (SSSR count). The van der Waals surface area contributed by atoms with Gasteiger partial charge in [0.25, 0.3) is 0 Å². The van der Waals surface area contributed by atoms with Crippen molar-refractivity contribution in [3.05, 3.63) is 11.0 Å². The van der Waals surface area contributed by atoms with Crippen LogP contribution in [-0.4, -0.2) is 9.97 Å². The van der Waals surface area contributed by atoms with Gasteiger partial charge < -0.3 is 11.5 Å². The van der Waals surface area contributed by atoms with Gasteiger partial charge in [-0.2, -0.15) is 0 Å². The van der Waals surface area contributed by atoms with Crippen LogP contribution in [0.2, 0.25) is 5.15 Å². The molecule has 0 spiro atoms. The molecule has 4 nitrogen and oxygen atoms in total. The molecule has 0 fully saturated rings. The second-order valence-corrected chi connectivity index (χ2v) is 4.24. The summed E-state index contributed by atoms with van der Waals surface area (Å²) in [6.45, 7) is 5.94. The van der Waals surface area contributed by atoms with Gasteiger partial charge >= 0.3 is 0 Å². The van der Waals surface area contributed by atoms with E-state index in [-0.39, 0.29) is 22.1 Å². The van der Waals surface area contributed by atoms with Gasteiger partial charge in [-0.05, 0) is 0 Å². The first-order valence-electron chi connectivity index (χ1n) is 3.91. The molecule has 0 radical (unpaired) electrons. The molecule has 13 heavy (non-hydrogen) atoms. The third kappa shape index (κ3) is 2.01. The standard InChI is InChI=1S/C8H13ClN4/c1-8(2,3)7-12-5(9)4(10)6(11)13-7/h10H2,1-3H3,(H2,11,12,13). The van der Waals surface area contributed by atoms with Crippen LogP contribution in [0.4, 0.5) is 11.5 Å². The molecule has 0 atom stereocenters. The first-order valence-corrected chi connectivity index (χ1v) is 4.29. The van der Waals surface area contributed by atoms with Crippen molar-refractivity contribution in [1.29, 1.82) is 0 Å². The number of rotatable bonds is 0. The zero-order chi connectivity index (χ0) is 10.2. The van der Waals surface area contributed by atoms with Gasteiger partial charge in [-0.15, -0.1) is 0 Å². The summed E-state index contributed by atoms with van der Waals surface area (Å²) in [7, 11) is 0. The van der Waals surface area contributed by atoms with Crippen LogP contribution in [-0.2, 0) is 5.41 Å². The molecule has 4 N–H and O–H groups in total. The summed E-state index contributed by atoms with van der Waals surface area (Å²) in [5.41, 5.74) is 11.1. The lowest BCUT2D eigenvalue weighted by atomic mass is 9.96. The molecule has 0 saturated heterocycles. The Morgan fingerprint density at radius 1 is 1.15 bits per heavy atom. The van der Waals surface area contributed by atoms with E-state index in [0.29, 0.717) is 5.82 Å². The van der Waals surface area contributed by atoms with Crippen LogP contribution in [0.25, 0.3) is 0 Å². The number of nitrogens with two attached hydrogens (primary N) is 2. The van der Waals surface area contributed by atoms with E-state index in [1.165, 1.54) is 0 Å². The Hall–Kier alpha value is -1.03. The quantitative estimate of drug-likeness (QED) is 0.624. The van der Waals surface area contributed by atoms with Gasteiger partial charge in [0.05, 0.1) is 0 Å². The fourth-order valence-corrected chi connectivity index (χ4v) is 0.970. The third-order valence-corrected chi connectivity index (χ3v) is 1.89.